The van der Waals surface area contributed by atoms with Gasteiger partial charge in [0.1, 0.15) is 0 Å². The molecule has 0 aliphatic carbocycles. The number of hydrogen-bond donors (Lipinski definition) is 0. The van der Waals surface area contributed by atoms with Crippen molar-refractivity contribution >= 4 is 17.7 Å². The molecule has 0 spiro atoms. The van der Waals surface area contributed by atoms with Crippen LogP contribution in [-0.4, -0.2) is 51.2 Å². The predicted octanol–water partition coefficient (Wildman–Crippen LogP) is 4.01. The van der Waals surface area contributed by atoms with E-state index in [-0.39, 0.29) is 18.5 Å². The monoisotopic (exact) mass is 448 g/mol. The molecule has 2 heterocycles. The van der Waals surface area contributed by atoms with Crippen LogP contribution in [0.1, 0.15) is 5.56 Å². The van der Waals surface area contributed by atoms with Crippen LogP contribution >= 0.6 is 11.8 Å². The van der Waals surface area contributed by atoms with Gasteiger partial charge in [0.2, 0.25) is 12.7 Å². The quantitative estimate of drug-likeness (QED) is 0.345. The lowest BCUT2D eigenvalue weighted by Gasteiger charge is -2.19. The fourth-order valence-electron chi connectivity index (χ4n) is 3.37. The first-order chi connectivity index (χ1) is 15.7. The van der Waals surface area contributed by atoms with Crippen molar-refractivity contribution in [2.24, 2.45) is 0 Å². The van der Waals surface area contributed by atoms with Crippen LogP contribution < -0.4 is 9.47 Å². The Labute approximate surface area is 191 Å². The highest BCUT2D eigenvalue weighted by Crippen LogP contribution is 2.33. The number of fused-ring (bicyclic) bond motifs is 1. The molecule has 4 rings (SSSR count). The lowest BCUT2D eigenvalue weighted by Crippen LogP contribution is -2.32. The molecule has 1 aliphatic heterocycles. The topological polar surface area (TPSA) is 69.5 Å². The number of benzene rings is 2. The van der Waals surface area contributed by atoms with Gasteiger partial charge in [-0.3, -0.25) is 9.36 Å². The Hall–Kier alpha value is -3.52. The number of ether oxygens (including phenoxy) is 2. The fourth-order valence-corrected chi connectivity index (χ4v) is 4.21. The van der Waals surface area contributed by atoms with Gasteiger partial charge in [-0.2, -0.15) is 0 Å². The number of thioether (sulfide) groups is 1. The molecule has 7 nitrogen and oxygen atoms in total. The summed E-state index contributed by atoms with van der Waals surface area (Å²) in [6.45, 7) is 9.17. The van der Waals surface area contributed by atoms with Crippen molar-refractivity contribution in [3.05, 3.63) is 79.4 Å². The van der Waals surface area contributed by atoms with Gasteiger partial charge < -0.3 is 14.4 Å². The number of carbonyl (C=O) groups is 1. The standard InChI is InChI=1S/C24H24N4O3S/c1-3-12-27(13-4-2)22(29)16-32-24-26-25-23(19-8-6-5-7-9-19)28(24)15-18-10-11-20-21(14-18)31-17-30-20/h3-11,14H,1-2,12-13,15-17H2. The Bertz CT molecular complexity index is 1100. The zero-order valence-electron chi connectivity index (χ0n) is 17.6. The van der Waals surface area contributed by atoms with Crippen LogP contribution in [0, 0.1) is 0 Å². The molecule has 1 aliphatic rings. The van der Waals surface area contributed by atoms with Crippen LogP contribution in [0.4, 0.5) is 0 Å². The van der Waals surface area contributed by atoms with Gasteiger partial charge in [-0.05, 0) is 17.7 Å². The van der Waals surface area contributed by atoms with Gasteiger partial charge in [0.05, 0.1) is 12.3 Å². The van der Waals surface area contributed by atoms with E-state index >= 15 is 0 Å². The maximum Gasteiger partial charge on any atom is 0.233 e. The molecule has 3 aromatic rings. The van der Waals surface area contributed by atoms with Crippen LogP contribution in [0.25, 0.3) is 11.4 Å². The largest absolute Gasteiger partial charge is 0.454 e. The summed E-state index contributed by atoms with van der Waals surface area (Å²) in [5, 5.41) is 9.50. The van der Waals surface area contributed by atoms with Gasteiger partial charge in [-0.25, -0.2) is 0 Å². The Morgan fingerprint density at radius 3 is 2.56 bits per heavy atom. The summed E-state index contributed by atoms with van der Waals surface area (Å²) >= 11 is 1.37. The highest BCUT2D eigenvalue weighted by atomic mass is 32.2. The van der Waals surface area contributed by atoms with Gasteiger partial charge >= 0.3 is 0 Å². The zero-order chi connectivity index (χ0) is 22.3. The average Bonchev–Trinajstić information content (AvgIpc) is 3.44. The van der Waals surface area contributed by atoms with Crippen molar-refractivity contribution in [2.75, 3.05) is 25.6 Å². The van der Waals surface area contributed by atoms with Crippen LogP contribution in [-0.2, 0) is 11.3 Å². The molecule has 0 unspecified atom stereocenters. The third kappa shape index (κ3) is 4.86. The summed E-state index contributed by atoms with van der Waals surface area (Å²) in [7, 11) is 0. The van der Waals surface area contributed by atoms with E-state index in [4.69, 9.17) is 9.47 Å². The van der Waals surface area contributed by atoms with Crippen molar-refractivity contribution in [3.8, 4) is 22.9 Å². The van der Waals surface area contributed by atoms with Gasteiger partial charge in [-0.1, -0.05) is 60.3 Å². The number of amides is 1. The second kappa shape index (κ2) is 10.2. The summed E-state index contributed by atoms with van der Waals surface area (Å²) < 4.78 is 13.0. The van der Waals surface area contributed by atoms with E-state index in [1.54, 1.807) is 17.1 Å². The zero-order valence-corrected chi connectivity index (χ0v) is 18.5. The van der Waals surface area contributed by atoms with E-state index in [0.717, 1.165) is 28.5 Å². The molecule has 0 N–H and O–H groups in total. The predicted molar refractivity (Wildman–Crippen MR) is 125 cm³/mol. The van der Waals surface area contributed by atoms with Crippen molar-refractivity contribution in [1.82, 2.24) is 19.7 Å². The minimum absolute atomic E-state index is 0.00584. The van der Waals surface area contributed by atoms with Crippen LogP contribution in [0.3, 0.4) is 0 Å². The molecule has 2 aromatic carbocycles. The van der Waals surface area contributed by atoms with Gasteiger partial charge in [-0.15, -0.1) is 23.4 Å². The molecule has 0 atom stereocenters. The molecule has 1 aromatic heterocycles. The van der Waals surface area contributed by atoms with Gasteiger partial charge in [0.25, 0.3) is 0 Å². The SMILES string of the molecule is C=CCN(CC=C)C(=O)CSc1nnc(-c2ccccc2)n1Cc1ccc2c(c1)OCO2. The minimum Gasteiger partial charge on any atom is -0.454 e. The summed E-state index contributed by atoms with van der Waals surface area (Å²) in [6, 6.07) is 15.8. The van der Waals surface area contributed by atoms with E-state index in [9.17, 15) is 4.79 Å². The van der Waals surface area contributed by atoms with Crippen LogP contribution in [0.5, 0.6) is 11.5 Å². The lowest BCUT2D eigenvalue weighted by atomic mass is 10.2. The van der Waals surface area contributed by atoms with Crippen molar-refractivity contribution in [2.45, 2.75) is 11.7 Å². The maximum absolute atomic E-state index is 12.7. The molecule has 0 saturated carbocycles. The van der Waals surface area contributed by atoms with Crippen molar-refractivity contribution < 1.29 is 14.3 Å². The summed E-state index contributed by atoms with van der Waals surface area (Å²) in [5.74, 6) is 2.45. The molecular weight excluding hydrogens is 424 g/mol. The molecule has 32 heavy (non-hydrogen) atoms. The molecule has 164 valence electrons. The van der Waals surface area contributed by atoms with E-state index in [1.165, 1.54) is 11.8 Å². The normalized spacial score (nSPS) is 11.9. The molecule has 0 bridgehead atoms. The lowest BCUT2D eigenvalue weighted by molar-refractivity contribution is -0.127. The summed E-state index contributed by atoms with van der Waals surface area (Å²) in [5.41, 5.74) is 1.98. The van der Waals surface area contributed by atoms with Crippen LogP contribution in [0.2, 0.25) is 0 Å². The average molecular weight is 449 g/mol. The molecule has 1 amide bonds. The van der Waals surface area contributed by atoms with E-state index in [1.807, 2.05) is 53.1 Å². The first-order valence-electron chi connectivity index (χ1n) is 10.2. The number of aromatic nitrogens is 3. The fraction of sp³-hybridized carbons (Fsp3) is 0.208. The minimum atomic E-state index is -0.00584. The van der Waals surface area contributed by atoms with Crippen molar-refractivity contribution in [1.29, 1.82) is 0 Å². The Morgan fingerprint density at radius 1 is 1.06 bits per heavy atom. The third-order valence-corrected chi connectivity index (χ3v) is 5.85. The van der Waals surface area contributed by atoms with Gasteiger partial charge in [0.15, 0.2) is 22.5 Å². The molecule has 0 saturated heterocycles. The first-order valence-corrected chi connectivity index (χ1v) is 11.2. The summed E-state index contributed by atoms with van der Waals surface area (Å²) in [6.07, 6.45) is 3.42. The van der Waals surface area contributed by atoms with E-state index < -0.39 is 0 Å². The molecule has 0 radical (unpaired) electrons. The first kappa shape index (κ1) is 21.7. The number of hydrogen-bond acceptors (Lipinski definition) is 6. The van der Waals surface area contributed by atoms with Crippen molar-refractivity contribution in [3.63, 3.8) is 0 Å². The number of carbonyl (C=O) groups excluding carboxylic acids is 1. The number of rotatable bonds is 10. The highest BCUT2D eigenvalue weighted by Gasteiger charge is 2.19. The summed E-state index contributed by atoms with van der Waals surface area (Å²) in [4.78, 5) is 14.4. The smallest absolute Gasteiger partial charge is 0.233 e. The molecule has 0 fully saturated rings. The van der Waals surface area contributed by atoms with E-state index in [2.05, 4.69) is 23.4 Å². The van der Waals surface area contributed by atoms with Crippen LogP contribution in [0.15, 0.2) is 79.0 Å². The van der Waals surface area contributed by atoms with E-state index in [0.29, 0.717) is 24.8 Å². The number of nitrogens with zero attached hydrogens (tertiary/aromatic N) is 4. The Balaban J connectivity index is 1.59. The Morgan fingerprint density at radius 2 is 1.81 bits per heavy atom. The highest BCUT2D eigenvalue weighted by molar-refractivity contribution is 7.99. The third-order valence-electron chi connectivity index (χ3n) is 4.90. The maximum atomic E-state index is 12.7. The second-order valence-electron chi connectivity index (χ2n) is 7.11. The second-order valence-corrected chi connectivity index (χ2v) is 8.05. The molecule has 8 heteroatoms. The van der Waals surface area contributed by atoms with Gasteiger partial charge in [0, 0.05) is 18.7 Å². The Kier molecular flexibility index (Phi) is 6.91. The molecular formula is C24H24N4O3S.